The lowest BCUT2D eigenvalue weighted by molar-refractivity contribution is 0.474. The van der Waals surface area contributed by atoms with Crippen LogP contribution >= 0.6 is 0 Å². The Bertz CT molecular complexity index is 2030. The van der Waals surface area contributed by atoms with Gasteiger partial charge in [-0.2, -0.15) is 0 Å². The van der Waals surface area contributed by atoms with E-state index >= 15 is 0 Å². The molecule has 0 saturated carbocycles. The van der Waals surface area contributed by atoms with Gasteiger partial charge in [0.1, 0.15) is 11.3 Å². The molecule has 0 atom stereocenters. The van der Waals surface area contributed by atoms with Crippen molar-refractivity contribution in [3.63, 3.8) is 0 Å². The van der Waals surface area contributed by atoms with Crippen LogP contribution in [-0.2, 0) is 0 Å². The summed E-state index contributed by atoms with van der Waals surface area (Å²) in [7, 11) is 0. The molecule has 6 rings (SSSR count). The molecule has 162 valence electrons. The highest BCUT2D eigenvalue weighted by molar-refractivity contribution is 5.93. The number of phenols is 1. The lowest BCUT2D eigenvalue weighted by Crippen LogP contribution is -1.87. The van der Waals surface area contributed by atoms with Crippen molar-refractivity contribution in [2.24, 2.45) is 0 Å². The standard InChI is InChI=1S/C30H20N2O2/c33-27-14-5-4-12-25(27)30-32-29-24(13-7-15-28(29)34-30)22-10-6-11-23(18-22)26-19-21(16-17-31-26)20-8-2-1-3-9-20/h1-19,33H/i1D,2D,3D,7D,8D,9D,13D,15D. The van der Waals surface area contributed by atoms with Crippen molar-refractivity contribution in [2.45, 2.75) is 0 Å². The molecule has 2 heterocycles. The number of aromatic hydroxyl groups is 1. The maximum atomic E-state index is 10.3. The van der Waals surface area contributed by atoms with Crippen molar-refractivity contribution >= 4 is 11.1 Å². The van der Waals surface area contributed by atoms with Crippen LogP contribution in [0.15, 0.2) is 120 Å². The Labute approximate surface area is 208 Å². The van der Waals surface area contributed by atoms with Gasteiger partial charge in [0.15, 0.2) is 5.58 Å². The number of phenolic OH excluding ortho intramolecular Hbond substituents is 1. The second-order valence-electron chi connectivity index (χ2n) is 7.47. The molecule has 6 aromatic rings. The Morgan fingerprint density at radius 2 is 1.56 bits per heavy atom. The van der Waals surface area contributed by atoms with E-state index in [0.29, 0.717) is 27.9 Å². The van der Waals surface area contributed by atoms with Gasteiger partial charge in [0, 0.05) is 17.3 Å². The monoisotopic (exact) mass is 448 g/mol. The number of hydrogen-bond donors (Lipinski definition) is 1. The first-order valence-electron chi connectivity index (χ1n) is 14.4. The number of benzene rings is 4. The van der Waals surface area contributed by atoms with Crippen LogP contribution in [-0.4, -0.2) is 15.1 Å². The smallest absolute Gasteiger partial charge is 0.231 e. The largest absolute Gasteiger partial charge is 0.507 e. The highest BCUT2D eigenvalue weighted by Crippen LogP contribution is 2.36. The van der Waals surface area contributed by atoms with Gasteiger partial charge in [-0.3, -0.25) is 4.98 Å². The van der Waals surface area contributed by atoms with Gasteiger partial charge in [-0.1, -0.05) is 72.6 Å². The number of para-hydroxylation sites is 2. The van der Waals surface area contributed by atoms with Crippen molar-refractivity contribution in [3.05, 3.63) is 115 Å². The molecule has 0 radical (unpaired) electrons. The molecule has 0 aliphatic rings. The van der Waals surface area contributed by atoms with E-state index in [1.165, 1.54) is 12.3 Å². The maximum absolute atomic E-state index is 10.3. The topological polar surface area (TPSA) is 59.2 Å². The van der Waals surface area contributed by atoms with E-state index in [9.17, 15) is 5.11 Å². The van der Waals surface area contributed by atoms with Crippen molar-refractivity contribution in [3.8, 4) is 50.7 Å². The third-order valence-corrected chi connectivity index (χ3v) is 5.36. The minimum atomic E-state index is -0.473. The second kappa shape index (κ2) is 8.34. The molecule has 34 heavy (non-hydrogen) atoms. The summed E-state index contributed by atoms with van der Waals surface area (Å²) in [6.07, 6.45) is 1.49. The molecule has 4 heteroatoms. The molecule has 4 nitrogen and oxygen atoms in total. The fraction of sp³-hybridized carbons (Fsp3) is 0. The minimum Gasteiger partial charge on any atom is -0.507 e. The Balaban J connectivity index is 1.51. The molecule has 0 bridgehead atoms. The molecule has 1 N–H and O–H groups in total. The summed E-state index contributed by atoms with van der Waals surface area (Å²) in [5.74, 6) is -0.0200. The van der Waals surface area contributed by atoms with Gasteiger partial charge in [-0.05, 0) is 53.1 Å². The predicted molar refractivity (Wildman–Crippen MR) is 135 cm³/mol. The van der Waals surface area contributed by atoms with Gasteiger partial charge in [-0.25, -0.2) is 4.98 Å². The van der Waals surface area contributed by atoms with Gasteiger partial charge in [-0.15, -0.1) is 0 Å². The van der Waals surface area contributed by atoms with Crippen molar-refractivity contribution < 1.29 is 20.5 Å². The third kappa shape index (κ3) is 3.61. The quantitative estimate of drug-likeness (QED) is 0.302. The fourth-order valence-corrected chi connectivity index (χ4v) is 3.73. The molecule has 0 amide bonds. The third-order valence-electron chi connectivity index (χ3n) is 5.36. The van der Waals surface area contributed by atoms with Crippen LogP contribution in [0.3, 0.4) is 0 Å². The number of fused-ring (bicyclic) bond motifs is 1. The summed E-state index contributed by atoms with van der Waals surface area (Å²) in [6.45, 7) is 0. The number of nitrogens with zero attached hydrogens (tertiary/aromatic N) is 2. The molecule has 2 aromatic heterocycles. The summed E-state index contributed by atoms with van der Waals surface area (Å²) in [5.41, 5.74) is 2.76. The summed E-state index contributed by atoms with van der Waals surface area (Å²) < 4.78 is 71.9. The number of pyridine rings is 1. The molecule has 0 saturated heterocycles. The lowest BCUT2D eigenvalue weighted by atomic mass is 9.99. The van der Waals surface area contributed by atoms with E-state index in [1.807, 2.05) is 0 Å². The van der Waals surface area contributed by atoms with Crippen LogP contribution in [0.2, 0.25) is 0 Å². The molecular weight excluding hydrogens is 420 g/mol. The predicted octanol–water partition coefficient (Wildman–Crippen LogP) is 7.60. The summed E-state index contributed by atoms with van der Waals surface area (Å²) in [6, 6.07) is 13.8. The van der Waals surface area contributed by atoms with Crippen LogP contribution in [0.4, 0.5) is 0 Å². The van der Waals surface area contributed by atoms with Gasteiger partial charge in [0.25, 0.3) is 0 Å². The van der Waals surface area contributed by atoms with Crippen molar-refractivity contribution in [1.29, 1.82) is 0 Å². The molecular formula is C30H20N2O2. The van der Waals surface area contributed by atoms with E-state index in [4.69, 9.17) is 15.4 Å². The maximum Gasteiger partial charge on any atom is 0.231 e. The molecule has 0 spiro atoms. The molecule has 4 aromatic carbocycles. The van der Waals surface area contributed by atoms with Crippen LogP contribution in [0.5, 0.6) is 5.75 Å². The number of oxazole rings is 1. The Morgan fingerprint density at radius 1 is 0.706 bits per heavy atom. The highest BCUT2D eigenvalue weighted by atomic mass is 16.3. The van der Waals surface area contributed by atoms with E-state index in [-0.39, 0.29) is 64.1 Å². The van der Waals surface area contributed by atoms with Gasteiger partial charge >= 0.3 is 0 Å². The molecule has 0 aliphatic heterocycles. The average molecular weight is 449 g/mol. The van der Waals surface area contributed by atoms with Crippen molar-refractivity contribution in [2.75, 3.05) is 0 Å². The van der Waals surface area contributed by atoms with E-state index in [1.54, 1.807) is 54.6 Å². The first-order valence-corrected chi connectivity index (χ1v) is 10.4. The summed E-state index contributed by atoms with van der Waals surface area (Å²) >= 11 is 0. The summed E-state index contributed by atoms with van der Waals surface area (Å²) in [4.78, 5) is 8.96. The number of rotatable bonds is 4. The van der Waals surface area contributed by atoms with E-state index < -0.39 is 18.1 Å². The van der Waals surface area contributed by atoms with Crippen molar-refractivity contribution in [1.82, 2.24) is 9.97 Å². The van der Waals surface area contributed by atoms with E-state index in [0.717, 1.165) is 0 Å². The number of aromatic nitrogens is 2. The normalized spacial score (nSPS) is 14.4. The SMILES string of the molecule is [2H]c1c([2H])c([2H])c(-c2ccnc(-c3cccc(-c4c([2H])c([2H])c([2H])c5oc(-c6ccccc6O)nc45)c3)c2)c([2H])c1[2H]. The zero-order valence-corrected chi connectivity index (χ0v) is 17.6. The first-order chi connectivity index (χ1) is 20.1. The minimum absolute atomic E-state index is 0.0102. The van der Waals surface area contributed by atoms with Gasteiger partial charge < -0.3 is 9.52 Å². The molecule has 0 unspecified atom stereocenters. The molecule has 0 fully saturated rings. The fourth-order valence-electron chi connectivity index (χ4n) is 3.73. The average Bonchev–Trinajstić information content (AvgIpc) is 3.43. The highest BCUT2D eigenvalue weighted by Gasteiger charge is 2.15. The van der Waals surface area contributed by atoms with Crippen LogP contribution in [0, 0.1) is 0 Å². The summed E-state index contributed by atoms with van der Waals surface area (Å²) in [5, 5.41) is 10.3. The van der Waals surface area contributed by atoms with Crippen LogP contribution in [0.25, 0.3) is 56.1 Å². The van der Waals surface area contributed by atoms with E-state index in [2.05, 4.69) is 9.97 Å². The second-order valence-corrected chi connectivity index (χ2v) is 7.47. The Hall–Kier alpha value is -4.70. The first kappa shape index (κ1) is 13.1. The van der Waals surface area contributed by atoms with Crippen LogP contribution in [0.1, 0.15) is 11.0 Å². The van der Waals surface area contributed by atoms with Gasteiger partial charge in [0.05, 0.1) is 22.2 Å². The van der Waals surface area contributed by atoms with Crippen LogP contribution < -0.4 is 0 Å². The Kier molecular flexibility index (Phi) is 3.22. The molecule has 0 aliphatic carbocycles. The zero-order valence-electron chi connectivity index (χ0n) is 25.6. The number of hydrogen-bond acceptors (Lipinski definition) is 4. The zero-order chi connectivity index (χ0) is 29.9. The van der Waals surface area contributed by atoms with Gasteiger partial charge in [0.2, 0.25) is 5.89 Å². The Morgan fingerprint density at radius 3 is 2.44 bits per heavy atom. The lowest BCUT2D eigenvalue weighted by Gasteiger charge is -2.08.